The smallest absolute Gasteiger partial charge is 0.163 e. The number of hydrogen-bond acceptors (Lipinski definition) is 5. The van der Waals surface area contributed by atoms with Gasteiger partial charge in [0.15, 0.2) is 11.5 Å². The van der Waals surface area contributed by atoms with E-state index in [4.69, 9.17) is 15.2 Å². The number of benzene rings is 1. The first kappa shape index (κ1) is 16.6. The van der Waals surface area contributed by atoms with Gasteiger partial charge in [-0.25, -0.2) is 9.38 Å². The molecule has 2 fully saturated rings. The number of likely N-dealkylation sites (tertiary alicyclic amines) is 1. The van der Waals surface area contributed by atoms with Gasteiger partial charge in [0, 0.05) is 25.7 Å². The van der Waals surface area contributed by atoms with Crippen molar-refractivity contribution >= 4 is 11.5 Å². The van der Waals surface area contributed by atoms with Gasteiger partial charge < -0.3 is 20.1 Å². The predicted octanol–water partition coefficient (Wildman–Crippen LogP) is 2.93. The van der Waals surface area contributed by atoms with Gasteiger partial charge >= 0.3 is 0 Å². The van der Waals surface area contributed by atoms with Gasteiger partial charge in [-0.15, -0.1) is 0 Å². The molecule has 2 N–H and O–H groups in total. The minimum atomic E-state index is -0.667. The van der Waals surface area contributed by atoms with Crippen molar-refractivity contribution in [3.8, 4) is 11.5 Å². The molecule has 0 amide bonds. The summed E-state index contributed by atoms with van der Waals surface area (Å²) in [6, 6.07) is 3.99. The summed E-state index contributed by atoms with van der Waals surface area (Å²) in [6.45, 7) is 2.84. The number of amidine groups is 1. The SMILES string of the molecule is COc1cc2c(cc1OCCCN1CC[C@@H](F)C1)N=C(N)C21CCC1. The number of methoxy groups -OCH3 is 1. The fraction of sp³-hybridized carbons (Fsp3) is 0.632. The predicted molar refractivity (Wildman–Crippen MR) is 95.9 cm³/mol. The van der Waals surface area contributed by atoms with Gasteiger partial charge in [0.25, 0.3) is 0 Å². The second kappa shape index (κ2) is 6.48. The molecule has 4 rings (SSSR count). The number of nitrogens with two attached hydrogens (primary N) is 1. The van der Waals surface area contributed by atoms with Gasteiger partial charge in [-0.3, -0.25) is 0 Å². The molecule has 3 aliphatic rings. The Bertz CT molecular complexity index is 687. The Kier molecular flexibility index (Phi) is 4.31. The average Bonchev–Trinajstić information content (AvgIpc) is 3.09. The fourth-order valence-corrected chi connectivity index (χ4v) is 4.19. The monoisotopic (exact) mass is 347 g/mol. The molecule has 0 unspecified atom stereocenters. The third-order valence-corrected chi connectivity index (χ3v) is 5.83. The zero-order valence-electron chi connectivity index (χ0n) is 14.8. The summed E-state index contributed by atoms with van der Waals surface area (Å²) in [7, 11) is 1.66. The van der Waals surface area contributed by atoms with Crippen LogP contribution < -0.4 is 15.2 Å². The number of fused-ring (bicyclic) bond motifs is 2. The molecular weight excluding hydrogens is 321 g/mol. The van der Waals surface area contributed by atoms with Crippen molar-refractivity contribution in [3.05, 3.63) is 17.7 Å². The summed E-state index contributed by atoms with van der Waals surface area (Å²) >= 11 is 0. The lowest BCUT2D eigenvalue weighted by Crippen LogP contribution is -2.44. The van der Waals surface area contributed by atoms with E-state index in [0.29, 0.717) is 25.3 Å². The highest BCUT2D eigenvalue weighted by Crippen LogP contribution is 2.53. The van der Waals surface area contributed by atoms with E-state index in [1.165, 1.54) is 12.0 Å². The van der Waals surface area contributed by atoms with Crippen molar-refractivity contribution in [3.63, 3.8) is 0 Å². The van der Waals surface area contributed by atoms with Crippen LogP contribution in [-0.2, 0) is 5.41 Å². The standard InChI is InChI=1S/C19H26FN3O2/c1-24-16-10-14-15(22-18(21)19(14)5-2-6-19)11-17(16)25-9-3-7-23-8-4-13(20)12-23/h10-11,13H,2-9,12H2,1H3,(H2,21,22)/t13-/m1/s1. The molecule has 0 bridgehead atoms. The van der Waals surface area contributed by atoms with E-state index in [1.54, 1.807) is 7.11 Å². The van der Waals surface area contributed by atoms with Crippen LogP contribution >= 0.6 is 0 Å². The topological polar surface area (TPSA) is 60.1 Å². The van der Waals surface area contributed by atoms with E-state index >= 15 is 0 Å². The number of alkyl halides is 1. The molecule has 1 aliphatic carbocycles. The third-order valence-electron chi connectivity index (χ3n) is 5.83. The largest absolute Gasteiger partial charge is 0.493 e. The zero-order chi connectivity index (χ0) is 17.4. The Hall–Kier alpha value is -1.82. The lowest BCUT2D eigenvalue weighted by molar-refractivity contribution is 0.242. The second-order valence-electron chi connectivity index (χ2n) is 7.34. The summed E-state index contributed by atoms with van der Waals surface area (Å²) in [5, 5.41) is 0. The summed E-state index contributed by atoms with van der Waals surface area (Å²) < 4.78 is 24.7. The van der Waals surface area contributed by atoms with Crippen molar-refractivity contribution in [1.29, 1.82) is 0 Å². The molecular formula is C19H26FN3O2. The van der Waals surface area contributed by atoms with Gasteiger partial charge in [0.2, 0.25) is 0 Å². The van der Waals surface area contributed by atoms with Crippen molar-refractivity contribution < 1.29 is 13.9 Å². The molecule has 2 heterocycles. The molecule has 1 saturated heterocycles. The molecule has 6 heteroatoms. The van der Waals surface area contributed by atoms with Gasteiger partial charge in [0.05, 0.1) is 24.8 Å². The lowest BCUT2D eigenvalue weighted by atomic mass is 9.64. The van der Waals surface area contributed by atoms with E-state index in [1.807, 2.05) is 12.1 Å². The number of ether oxygens (including phenoxy) is 2. The third kappa shape index (κ3) is 2.86. The van der Waals surface area contributed by atoms with Crippen LogP contribution in [0, 0.1) is 0 Å². The van der Waals surface area contributed by atoms with E-state index in [2.05, 4.69) is 9.89 Å². The highest BCUT2D eigenvalue weighted by Gasteiger charge is 2.47. The second-order valence-corrected chi connectivity index (χ2v) is 7.34. The summed E-state index contributed by atoms with van der Waals surface area (Å²) in [4.78, 5) is 6.72. The molecule has 1 spiro atoms. The first-order chi connectivity index (χ1) is 12.1. The Morgan fingerprint density at radius 3 is 2.84 bits per heavy atom. The van der Waals surface area contributed by atoms with E-state index < -0.39 is 6.17 Å². The Balaban J connectivity index is 1.41. The normalized spacial score (nSPS) is 24.1. The molecule has 1 atom stereocenters. The minimum Gasteiger partial charge on any atom is -0.493 e. The van der Waals surface area contributed by atoms with Crippen LogP contribution in [0.3, 0.4) is 0 Å². The number of hydrogen-bond donors (Lipinski definition) is 1. The highest BCUT2D eigenvalue weighted by molar-refractivity contribution is 6.00. The summed E-state index contributed by atoms with van der Waals surface area (Å²) in [5.74, 6) is 2.17. The van der Waals surface area contributed by atoms with Gasteiger partial charge in [0.1, 0.15) is 12.0 Å². The molecule has 5 nitrogen and oxygen atoms in total. The van der Waals surface area contributed by atoms with Crippen LogP contribution in [-0.4, -0.2) is 50.3 Å². The Morgan fingerprint density at radius 2 is 2.20 bits per heavy atom. The van der Waals surface area contributed by atoms with E-state index in [0.717, 1.165) is 49.6 Å². The molecule has 0 aromatic heterocycles. The van der Waals surface area contributed by atoms with Crippen LogP contribution in [0.15, 0.2) is 17.1 Å². The minimum absolute atomic E-state index is 0.0696. The molecule has 1 aromatic rings. The number of nitrogens with zero attached hydrogens (tertiary/aromatic N) is 2. The van der Waals surface area contributed by atoms with Crippen LogP contribution in [0.25, 0.3) is 0 Å². The highest BCUT2D eigenvalue weighted by atomic mass is 19.1. The number of rotatable bonds is 6. The van der Waals surface area contributed by atoms with Crippen LogP contribution in [0.4, 0.5) is 10.1 Å². The van der Waals surface area contributed by atoms with Gasteiger partial charge in [-0.2, -0.15) is 0 Å². The van der Waals surface area contributed by atoms with Crippen LogP contribution in [0.5, 0.6) is 11.5 Å². The van der Waals surface area contributed by atoms with E-state index in [-0.39, 0.29) is 5.41 Å². The quantitative estimate of drug-likeness (QED) is 0.804. The zero-order valence-corrected chi connectivity index (χ0v) is 14.8. The number of aliphatic imine (C=N–C) groups is 1. The first-order valence-corrected chi connectivity index (χ1v) is 9.19. The van der Waals surface area contributed by atoms with Gasteiger partial charge in [-0.1, -0.05) is 6.42 Å². The van der Waals surface area contributed by atoms with Crippen LogP contribution in [0.2, 0.25) is 0 Å². The molecule has 1 aromatic carbocycles. The maximum Gasteiger partial charge on any atom is 0.163 e. The lowest BCUT2D eigenvalue weighted by Gasteiger charge is -2.38. The van der Waals surface area contributed by atoms with Crippen molar-refractivity contribution in [1.82, 2.24) is 4.90 Å². The number of halogens is 1. The molecule has 136 valence electrons. The van der Waals surface area contributed by atoms with Gasteiger partial charge in [-0.05, 0) is 37.3 Å². The summed E-state index contributed by atoms with van der Waals surface area (Å²) in [6.07, 6.45) is 4.16. The van der Waals surface area contributed by atoms with Crippen molar-refractivity contribution in [2.24, 2.45) is 10.7 Å². The first-order valence-electron chi connectivity index (χ1n) is 9.19. The average molecular weight is 347 g/mol. The molecule has 2 aliphatic heterocycles. The Labute approximate surface area is 148 Å². The fourth-order valence-electron chi connectivity index (χ4n) is 4.19. The molecule has 1 saturated carbocycles. The molecule has 25 heavy (non-hydrogen) atoms. The summed E-state index contributed by atoms with van der Waals surface area (Å²) in [5.41, 5.74) is 8.21. The van der Waals surface area contributed by atoms with Crippen molar-refractivity contribution in [2.75, 3.05) is 33.4 Å². The van der Waals surface area contributed by atoms with Crippen molar-refractivity contribution in [2.45, 2.75) is 43.7 Å². The maximum atomic E-state index is 13.2. The Morgan fingerprint density at radius 1 is 1.36 bits per heavy atom. The van der Waals surface area contributed by atoms with E-state index in [9.17, 15) is 4.39 Å². The maximum absolute atomic E-state index is 13.2. The molecule has 0 radical (unpaired) electrons. The van der Waals surface area contributed by atoms with Crippen LogP contribution in [0.1, 0.15) is 37.7 Å².